The molecule has 0 unspecified atom stereocenters. The smallest absolute Gasteiger partial charge is 0.258 e. The average Bonchev–Trinajstić information content (AvgIpc) is 2.28. The number of hydrogen-bond acceptors (Lipinski definition) is 2. The van der Waals surface area contributed by atoms with E-state index >= 15 is 0 Å². The molecule has 0 atom stereocenters. The van der Waals surface area contributed by atoms with Crippen LogP contribution in [0.5, 0.6) is 0 Å². The van der Waals surface area contributed by atoms with Crippen molar-refractivity contribution in [1.82, 2.24) is 0 Å². The fourth-order valence-corrected chi connectivity index (χ4v) is 1.72. The van der Waals surface area contributed by atoms with E-state index in [9.17, 15) is 18.9 Å². The van der Waals surface area contributed by atoms with E-state index in [0.29, 0.717) is 5.56 Å². The van der Waals surface area contributed by atoms with Crippen molar-refractivity contribution in [1.29, 1.82) is 0 Å². The zero-order valence-electron chi connectivity index (χ0n) is 9.48. The Balaban J connectivity index is 2.69. The summed E-state index contributed by atoms with van der Waals surface area (Å²) >= 11 is 0. The van der Waals surface area contributed by atoms with E-state index in [1.54, 1.807) is 13.0 Å². The maximum Gasteiger partial charge on any atom is 0.277 e. The molecule has 0 aliphatic carbocycles. The minimum Gasteiger partial charge on any atom is -0.258 e. The molecule has 0 bridgehead atoms. The summed E-state index contributed by atoms with van der Waals surface area (Å²) in [6.45, 7) is 1.70. The van der Waals surface area contributed by atoms with Crippen LogP contribution in [0.4, 0.5) is 14.5 Å². The molecule has 0 aliphatic heterocycles. The van der Waals surface area contributed by atoms with Crippen LogP contribution in [0.2, 0.25) is 0 Å². The Morgan fingerprint density at radius 3 is 2.39 bits per heavy atom. The van der Waals surface area contributed by atoms with Crippen LogP contribution in [0.15, 0.2) is 36.4 Å². The lowest BCUT2D eigenvalue weighted by atomic mass is 10.0. The monoisotopic (exact) mass is 249 g/mol. The van der Waals surface area contributed by atoms with Gasteiger partial charge in [-0.3, -0.25) is 10.1 Å². The van der Waals surface area contributed by atoms with Crippen molar-refractivity contribution < 1.29 is 13.7 Å². The van der Waals surface area contributed by atoms with Crippen LogP contribution in [-0.4, -0.2) is 4.92 Å². The third-order valence-electron chi connectivity index (χ3n) is 2.57. The van der Waals surface area contributed by atoms with E-state index in [2.05, 4.69) is 0 Å². The standard InChI is InChI=1S/C13H9F2NO2/c1-8-2-4-10(12(15)6-8)11-7-9(14)3-5-13(11)16(17)18/h2-7H,1H3. The van der Waals surface area contributed by atoms with E-state index in [4.69, 9.17) is 0 Å². The minimum atomic E-state index is -0.659. The van der Waals surface area contributed by atoms with Gasteiger partial charge < -0.3 is 0 Å². The van der Waals surface area contributed by atoms with E-state index in [1.807, 2.05) is 0 Å². The number of hydrogen-bond donors (Lipinski definition) is 0. The van der Waals surface area contributed by atoms with Gasteiger partial charge in [0.05, 0.1) is 10.5 Å². The molecule has 0 saturated carbocycles. The maximum atomic E-state index is 13.8. The molecule has 3 nitrogen and oxygen atoms in total. The first-order chi connectivity index (χ1) is 8.49. The van der Waals surface area contributed by atoms with Crippen molar-refractivity contribution in [3.63, 3.8) is 0 Å². The summed E-state index contributed by atoms with van der Waals surface area (Å²) in [6.07, 6.45) is 0. The molecule has 0 N–H and O–H groups in total. The van der Waals surface area contributed by atoms with Crippen LogP contribution in [0.1, 0.15) is 5.56 Å². The van der Waals surface area contributed by atoms with Gasteiger partial charge in [0.2, 0.25) is 0 Å². The van der Waals surface area contributed by atoms with E-state index in [-0.39, 0.29) is 16.8 Å². The van der Waals surface area contributed by atoms with Crippen molar-refractivity contribution >= 4 is 5.69 Å². The highest BCUT2D eigenvalue weighted by Gasteiger charge is 2.18. The maximum absolute atomic E-state index is 13.8. The predicted molar refractivity (Wildman–Crippen MR) is 63.2 cm³/mol. The lowest BCUT2D eigenvalue weighted by molar-refractivity contribution is -0.384. The van der Waals surface area contributed by atoms with Crippen LogP contribution in [0.25, 0.3) is 11.1 Å². The molecule has 0 spiro atoms. The van der Waals surface area contributed by atoms with Gasteiger partial charge >= 0.3 is 0 Å². The SMILES string of the molecule is Cc1ccc(-c2cc(F)ccc2[N+](=O)[O-])c(F)c1. The van der Waals surface area contributed by atoms with Gasteiger partial charge in [-0.2, -0.15) is 0 Å². The number of rotatable bonds is 2. The summed E-state index contributed by atoms with van der Waals surface area (Å²) in [7, 11) is 0. The highest BCUT2D eigenvalue weighted by atomic mass is 19.1. The predicted octanol–water partition coefficient (Wildman–Crippen LogP) is 3.85. The second kappa shape index (κ2) is 4.52. The summed E-state index contributed by atoms with van der Waals surface area (Å²) in [5.41, 5.74) is 0.332. The highest BCUT2D eigenvalue weighted by Crippen LogP contribution is 2.32. The van der Waals surface area contributed by atoms with Crippen LogP contribution in [0, 0.1) is 28.7 Å². The number of aryl methyl sites for hydroxylation is 1. The Morgan fingerprint density at radius 1 is 1.06 bits per heavy atom. The molecule has 0 aliphatic rings. The molecule has 2 aromatic carbocycles. The third kappa shape index (κ3) is 2.20. The van der Waals surface area contributed by atoms with Crippen LogP contribution in [0.3, 0.4) is 0 Å². The lowest BCUT2D eigenvalue weighted by Crippen LogP contribution is -1.95. The van der Waals surface area contributed by atoms with Crippen molar-refractivity contribution in [2.75, 3.05) is 0 Å². The number of nitrogens with zero attached hydrogens (tertiary/aromatic N) is 1. The second-order valence-electron chi connectivity index (χ2n) is 3.90. The summed E-state index contributed by atoms with van der Waals surface area (Å²) in [5.74, 6) is -1.25. The summed E-state index contributed by atoms with van der Waals surface area (Å²) in [4.78, 5) is 10.2. The number of nitro groups is 1. The quantitative estimate of drug-likeness (QED) is 0.599. The third-order valence-corrected chi connectivity index (χ3v) is 2.57. The highest BCUT2D eigenvalue weighted by molar-refractivity contribution is 5.74. The molecular formula is C13H9F2NO2. The fourth-order valence-electron chi connectivity index (χ4n) is 1.72. The van der Waals surface area contributed by atoms with Crippen molar-refractivity contribution in [3.05, 3.63) is 63.7 Å². The first-order valence-electron chi connectivity index (χ1n) is 5.19. The first kappa shape index (κ1) is 12.2. The minimum absolute atomic E-state index is 0.0202. The molecule has 0 fully saturated rings. The molecule has 2 aromatic rings. The Labute approximate surface area is 102 Å². The summed E-state index contributed by atoms with van der Waals surface area (Å²) < 4.78 is 26.9. The zero-order chi connectivity index (χ0) is 13.3. The molecule has 0 aromatic heterocycles. The molecule has 92 valence electrons. The van der Waals surface area contributed by atoms with Gasteiger partial charge in [0.1, 0.15) is 11.6 Å². The Bertz CT molecular complexity index is 626. The molecule has 5 heteroatoms. The number of benzene rings is 2. The molecule has 0 heterocycles. The molecule has 0 radical (unpaired) electrons. The molecule has 0 amide bonds. The number of nitro benzene ring substituents is 1. The molecule has 2 rings (SSSR count). The molecule has 0 saturated heterocycles. The average molecular weight is 249 g/mol. The van der Waals surface area contributed by atoms with Crippen LogP contribution >= 0.6 is 0 Å². The topological polar surface area (TPSA) is 43.1 Å². The van der Waals surface area contributed by atoms with Gasteiger partial charge in [-0.15, -0.1) is 0 Å². The lowest BCUT2D eigenvalue weighted by Gasteiger charge is -2.05. The van der Waals surface area contributed by atoms with E-state index < -0.39 is 16.6 Å². The molecular weight excluding hydrogens is 240 g/mol. The largest absolute Gasteiger partial charge is 0.277 e. The van der Waals surface area contributed by atoms with Crippen LogP contribution < -0.4 is 0 Å². The zero-order valence-corrected chi connectivity index (χ0v) is 9.48. The Hall–Kier alpha value is -2.30. The van der Waals surface area contributed by atoms with Gasteiger partial charge in [-0.1, -0.05) is 12.1 Å². The van der Waals surface area contributed by atoms with Crippen molar-refractivity contribution in [3.8, 4) is 11.1 Å². The fraction of sp³-hybridized carbons (Fsp3) is 0.0769. The van der Waals surface area contributed by atoms with Gasteiger partial charge in [-0.25, -0.2) is 8.78 Å². The number of halogens is 2. The summed E-state index contributed by atoms with van der Waals surface area (Å²) in [5, 5.41) is 10.8. The normalized spacial score (nSPS) is 10.4. The van der Waals surface area contributed by atoms with Gasteiger partial charge in [0.15, 0.2) is 0 Å². The Morgan fingerprint density at radius 2 is 1.78 bits per heavy atom. The Kier molecular flexibility index (Phi) is 3.06. The van der Waals surface area contributed by atoms with Gasteiger partial charge in [0.25, 0.3) is 5.69 Å². The van der Waals surface area contributed by atoms with E-state index in [0.717, 1.165) is 18.2 Å². The molecule has 18 heavy (non-hydrogen) atoms. The second-order valence-corrected chi connectivity index (χ2v) is 3.90. The summed E-state index contributed by atoms with van der Waals surface area (Å²) in [6, 6.07) is 7.26. The van der Waals surface area contributed by atoms with Crippen molar-refractivity contribution in [2.45, 2.75) is 6.92 Å². The van der Waals surface area contributed by atoms with Crippen molar-refractivity contribution in [2.24, 2.45) is 0 Å². The van der Waals surface area contributed by atoms with E-state index in [1.165, 1.54) is 12.1 Å². The first-order valence-corrected chi connectivity index (χ1v) is 5.19. The van der Waals surface area contributed by atoms with Crippen LogP contribution in [-0.2, 0) is 0 Å². The van der Waals surface area contributed by atoms with Gasteiger partial charge in [0, 0.05) is 11.6 Å². The van der Waals surface area contributed by atoms with Gasteiger partial charge in [-0.05, 0) is 30.7 Å².